The number of nitrogens with zero attached hydrogens (tertiary/aromatic N) is 4. The molecule has 3 aromatic carbocycles. The maximum Gasteiger partial charge on any atom is 0.407 e. The van der Waals surface area contributed by atoms with E-state index < -0.39 is 30.1 Å². The number of nitrogens with one attached hydrogen (secondary N) is 3. The molecule has 3 fully saturated rings. The van der Waals surface area contributed by atoms with Crippen molar-refractivity contribution in [2.24, 2.45) is 34.6 Å². The summed E-state index contributed by atoms with van der Waals surface area (Å²) in [6, 6.07) is 16.4. The molecule has 0 spiro atoms. The highest BCUT2D eigenvalue weighted by molar-refractivity contribution is 5.93. The summed E-state index contributed by atoms with van der Waals surface area (Å²) in [7, 11) is 2.62. The molecule has 1 aromatic heterocycles. The minimum absolute atomic E-state index is 0.0752. The molecule has 1 aliphatic carbocycles. The van der Waals surface area contributed by atoms with Gasteiger partial charge in [0.1, 0.15) is 11.9 Å². The number of rotatable bonds is 14. The minimum atomic E-state index is -0.733. The van der Waals surface area contributed by atoms with Crippen molar-refractivity contribution in [1.82, 2.24) is 25.5 Å². The molecule has 0 bridgehead atoms. The molecule has 0 radical (unpaired) electrons. The van der Waals surface area contributed by atoms with E-state index >= 15 is 4.39 Å². The van der Waals surface area contributed by atoms with Gasteiger partial charge in [0.15, 0.2) is 17.3 Å². The molecule has 15 heteroatoms. The summed E-state index contributed by atoms with van der Waals surface area (Å²) in [6.07, 6.45) is 9.43. The van der Waals surface area contributed by atoms with Gasteiger partial charge < -0.3 is 39.6 Å². The van der Waals surface area contributed by atoms with Crippen LogP contribution in [0.4, 0.5) is 25.4 Å². The fourth-order valence-electron chi connectivity index (χ4n) is 11.8. The lowest BCUT2D eigenvalue weighted by Crippen LogP contribution is -2.51. The van der Waals surface area contributed by atoms with E-state index in [0.29, 0.717) is 25.4 Å². The van der Waals surface area contributed by atoms with Gasteiger partial charge in [-0.15, -0.1) is 0 Å². The molecular weight excluding hydrogens is 902 g/mol. The number of H-pyrrole nitrogens is 1. The highest BCUT2D eigenvalue weighted by Gasteiger charge is 2.41. The van der Waals surface area contributed by atoms with Crippen molar-refractivity contribution < 1.29 is 37.8 Å². The Labute approximate surface area is 418 Å². The van der Waals surface area contributed by atoms with Crippen LogP contribution >= 0.6 is 0 Å². The molecule has 8 rings (SSSR count). The Hall–Kier alpha value is -5.99. The van der Waals surface area contributed by atoms with Crippen LogP contribution in [0.25, 0.3) is 11.0 Å². The van der Waals surface area contributed by atoms with Crippen molar-refractivity contribution in [2.75, 3.05) is 32.3 Å². The summed E-state index contributed by atoms with van der Waals surface area (Å²) in [4.78, 5) is 71.1. The molecule has 3 amide bonds. The monoisotopic (exact) mass is 976 g/mol. The number of alkyl carbamates (subject to hydrolysis) is 2. The van der Waals surface area contributed by atoms with Gasteiger partial charge in [0, 0.05) is 29.9 Å². The first-order chi connectivity index (χ1) is 34.2. The lowest BCUT2D eigenvalue weighted by molar-refractivity contribution is -0.135. The molecule has 8 unspecified atom stereocenters. The molecule has 4 aromatic rings. The van der Waals surface area contributed by atoms with Crippen molar-refractivity contribution in [3.8, 4) is 5.75 Å². The van der Waals surface area contributed by atoms with Gasteiger partial charge in [-0.05, 0) is 148 Å². The number of aliphatic imine (C=N–C) groups is 1. The van der Waals surface area contributed by atoms with E-state index in [-0.39, 0.29) is 65.2 Å². The van der Waals surface area contributed by atoms with E-state index in [4.69, 9.17) is 24.2 Å². The number of carbonyl (C=O) groups is 4. The van der Waals surface area contributed by atoms with E-state index in [1.54, 1.807) is 12.1 Å². The number of ether oxygens (including phenoxy) is 3. The van der Waals surface area contributed by atoms with E-state index in [2.05, 4.69) is 57.8 Å². The molecule has 4 heterocycles. The number of Topliss-reactive ketones (excluding diaryl/α,β-unsaturated/α-hetero) is 1. The Morgan fingerprint density at radius 3 is 2.17 bits per heavy atom. The van der Waals surface area contributed by atoms with Crippen LogP contribution in [0.3, 0.4) is 0 Å². The van der Waals surface area contributed by atoms with Gasteiger partial charge in [0.05, 0.1) is 61.7 Å². The van der Waals surface area contributed by atoms with Crippen LogP contribution in [-0.4, -0.2) is 83.9 Å². The van der Waals surface area contributed by atoms with Crippen LogP contribution < -0.4 is 20.3 Å². The summed E-state index contributed by atoms with van der Waals surface area (Å²) in [5, 5.41) is 5.57. The average Bonchev–Trinajstić information content (AvgIpc) is 4.10. The molecule has 4 aliphatic rings. The molecule has 71 heavy (non-hydrogen) atoms. The second-order valence-electron chi connectivity index (χ2n) is 20.9. The number of likely N-dealkylation sites (tertiary alicyclic amines) is 1. The highest BCUT2D eigenvalue weighted by Crippen LogP contribution is 2.49. The van der Waals surface area contributed by atoms with Gasteiger partial charge in [-0.3, -0.25) is 14.6 Å². The SMILES string of the molecule is CCOc1ccc(N2C(c3ccc4c(c3)N=C(C3CCCC(C)C(C(=O)C(NC(=O)OC)C(C)C)C3)CCCC4)CCC2c2ccc3nc(C4CCCN4C(=O)C(NC(=O)OC)C(C)C)[nH]c3c2)cc1F. The lowest BCUT2D eigenvalue weighted by atomic mass is 9.77. The summed E-state index contributed by atoms with van der Waals surface area (Å²) in [5.74, 6) is 0.308. The number of aromatic nitrogens is 2. The number of carbonyl (C=O) groups excluding carboxylic acids is 4. The Morgan fingerprint density at radius 2 is 1.48 bits per heavy atom. The topological polar surface area (TPSA) is 168 Å². The number of hydrogen-bond acceptors (Lipinski definition) is 10. The van der Waals surface area contributed by atoms with Crippen molar-refractivity contribution in [3.05, 3.63) is 82.9 Å². The number of aromatic amines is 1. The molecular formula is C56H74FN7O7. The van der Waals surface area contributed by atoms with Crippen LogP contribution in [-0.2, 0) is 25.5 Å². The van der Waals surface area contributed by atoms with Gasteiger partial charge >= 0.3 is 12.2 Å². The third-order valence-corrected chi connectivity index (χ3v) is 15.6. The molecule has 1 saturated carbocycles. The molecule has 2 saturated heterocycles. The van der Waals surface area contributed by atoms with Crippen LogP contribution in [0.5, 0.6) is 5.75 Å². The van der Waals surface area contributed by atoms with Crippen molar-refractivity contribution in [2.45, 2.75) is 149 Å². The predicted molar refractivity (Wildman–Crippen MR) is 274 cm³/mol. The number of methoxy groups -OCH3 is 2. The Morgan fingerprint density at radius 1 is 0.789 bits per heavy atom. The van der Waals surface area contributed by atoms with Gasteiger partial charge in [-0.2, -0.15) is 0 Å². The maximum absolute atomic E-state index is 15.9. The van der Waals surface area contributed by atoms with E-state index in [9.17, 15) is 19.2 Å². The van der Waals surface area contributed by atoms with Gasteiger partial charge in [-0.25, -0.2) is 19.0 Å². The van der Waals surface area contributed by atoms with E-state index in [1.165, 1.54) is 19.8 Å². The molecule has 14 nitrogen and oxygen atoms in total. The highest BCUT2D eigenvalue weighted by atomic mass is 19.1. The number of imidazole rings is 1. The summed E-state index contributed by atoms with van der Waals surface area (Å²) in [5.41, 5.74) is 7.90. The molecule has 382 valence electrons. The lowest BCUT2D eigenvalue weighted by Gasteiger charge is -2.34. The van der Waals surface area contributed by atoms with Gasteiger partial charge in [0.2, 0.25) is 5.91 Å². The molecule has 3 aliphatic heterocycles. The number of benzene rings is 3. The molecule has 8 atom stereocenters. The standard InChI is InChI=1S/C56H74FN7O7/c1-9-71-49-26-22-39(31-41(49)57)64-46(24-25-47(64)38-21-23-43-45(30-38)60-53(59-43)48-18-13-27-63(48)54(66)51(33(4)5)62-56(68)70-8)37-20-19-35-15-10-11-17-42(58-44(35)29-37)36-16-12-14-34(6)40(28-36)52(65)50(32(2)3)61-55(67)69-7/h19-23,26,29-34,36,40,46-48,50-51H,9-18,24-25,27-28H2,1-8H3,(H,59,60)(H,61,67)(H,62,68). The summed E-state index contributed by atoms with van der Waals surface area (Å²) >= 11 is 0. The van der Waals surface area contributed by atoms with Crippen LogP contribution in [0, 0.1) is 35.4 Å². The third-order valence-electron chi connectivity index (χ3n) is 15.6. The smallest absolute Gasteiger partial charge is 0.407 e. The fourth-order valence-corrected chi connectivity index (χ4v) is 11.8. The summed E-state index contributed by atoms with van der Waals surface area (Å²) < 4.78 is 31.3. The minimum Gasteiger partial charge on any atom is -0.491 e. The Kier molecular flexibility index (Phi) is 16.4. The normalized spacial score (nSPS) is 23.6. The number of halogens is 1. The third kappa shape index (κ3) is 11.2. The van der Waals surface area contributed by atoms with Crippen LogP contribution in [0.15, 0.2) is 59.6 Å². The number of hydrogen-bond donors (Lipinski definition) is 3. The molecule has 3 N–H and O–H groups in total. The quantitative estimate of drug-likeness (QED) is 0.104. The predicted octanol–water partition coefficient (Wildman–Crippen LogP) is 11.4. The Bertz CT molecular complexity index is 2590. The zero-order chi connectivity index (χ0) is 50.5. The Balaban J connectivity index is 1.11. The first kappa shape index (κ1) is 51.4. The fraction of sp³-hybridized carbons (Fsp3) is 0.571. The number of ketones is 1. The zero-order valence-electron chi connectivity index (χ0n) is 42.9. The average molecular weight is 976 g/mol. The largest absolute Gasteiger partial charge is 0.491 e. The van der Waals surface area contributed by atoms with Gasteiger partial charge in [0.25, 0.3) is 0 Å². The second-order valence-corrected chi connectivity index (χ2v) is 20.9. The number of amides is 3. The van der Waals surface area contributed by atoms with Crippen LogP contribution in [0.1, 0.15) is 153 Å². The van der Waals surface area contributed by atoms with E-state index in [1.807, 2.05) is 51.7 Å². The van der Waals surface area contributed by atoms with Crippen molar-refractivity contribution in [1.29, 1.82) is 0 Å². The summed E-state index contributed by atoms with van der Waals surface area (Å²) in [6.45, 7) is 12.7. The maximum atomic E-state index is 15.9. The second kappa shape index (κ2) is 22.6. The van der Waals surface area contributed by atoms with Crippen molar-refractivity contribution in [3.63, 3.8) is 0 Å². The number of anilines is 1. The zero-order valence-corrected chi connectivity index (χ0v) is 42.9. The number of aryl methyl sites for hydroxylation is 1. The first-order valence-corrected chi connectivity index (χ1v) is 26.1. The van der Waals surface area contributed by atoms with Gasteiger partial charge in [-0.1, -0.05) is 59.2 Å². The first-order valence-electron chi connectivity index (χ1n) is 26.1. The van der Waals surface area contributed by atoms with Crippen LogP contribution in [0.2, 0.25) is 0 Å². The van der Waals surface area contributed by atoms with Crippen molar-refractivity contribution >= 4 is 52.0 Å². The number of fused-ring (bicyclic) bond motifs is 2. The van der Waals surface area contributed by atoms with E-state index in [0.717, 1.165) is 110 Å².